The van der Waals surface area contributed by atoms with Crippen LogP contribution in [-0.2, 0) is 44.2 Å². The number of sulfonamides is 3. The first kappa shape index (κ1) is 43.1. The highest BCUT2D eigenvalue weighted by atomic mass is 32.2. The summed E-state index contributed by atoms with van der Waals surface area (Å²) < 4.78 is 120. The van der Waals surface area contributed by atoms with E-state index in [0.717, 1.165) is 32.1 Å². The lowest BCUT2D eigenvalue weighted by molar-refractivity contribution is 0.171. The Hall–Kier alpha value is -5.48. The summed E-state index contributed by atoms with van der Waals surface area (Å²) in [6, 6.07) is 16.0. The van der Waals surface area contributed by atoms with E-state index in [2.05, 4.69) is 4.72 Å². The Morgan fingerprint density at radius 3 is 1.76 bits per heavy atom. The molecule has 2 aliphatic rings. The van der Waals surface area contributed by atoms with Gasteiger partial charge in [-0.3, -0.25) is 13.9 Å². The van der Waals surface area contributed by atoms with E-state index in [1.807, 2.05) is 33.8 Å². The first-order valence-corrected chi connectivity index (χ1v) is 22.6. The highest BCUT2D eigenvalue weighted by Crippen LogP contribution is 2.34. The first-order valence-electron chi connectivity index (χ1n) is 18.2. The number of benzene rings is 4. The highest BCUT2D eigenvalue weighted by molar-refractivity contribution is 7.92. The quantitative estimate of drug-likeness (QED) is 0.234. The van der Waals surface area contributed by atoms with Crippen LogP contribution in [0.4, 0.5) is 10.1 Å². The van der Waals surface area contributed by atoms with Crippen molar-refractivity contribution in [1.82, 2.24) is 17.7 Å². The molecular formula is C38H44FN5O12S3. The number of aryl methyl sites for hydroxylation is 4. The fraction of sp³-hybridized carbons (Fsp3) is 0.316. The molecule has 0 bridgehead atoms. The van der Waals surface area contributed by atoms with Gasteiger partial charge in [-0.15, -0.1) is 0 Å². The Labute approximate surface area is 340 Å². The molecule has 0 saturated carbocycles. The molecule has 8 rings (SSSR count). The minimum Gasteiger partial charge on any atom is -0.486 e. The molecule has 0 spiro atoms. The molecule has 4 heterocycles. The lowest BCUT2D eigenvalue weighted by Crippen LogP contribution is -2.50. The van der Waals surface area contributed by atoms with Crippen LogP contribution in [0.15, 0.2) is 99.8 Å². The van der Waals surface area contributed by atoms with Crippen molar-refractivity contribution in [2.45, 2.75) is 42.4 Å². The average molecular weight is 878 g/mol. The van der Waals surface area contributed by atoms with Gasteiger partial charge in [-0.1, -0.05) is 19.9 Å². The van der Waals surface area contributed by atoms with E-state index >= 15 is 0 Å². The number of anilines is 1. The standard InChI is InChI=1S/C20H20FN3O8S2.C16H16N2O4S.C2H6.H2/c1-22-15-12-19(14(21)11-17(15)32-20(22)25)34(28,29)24-6-4-23(5-7-24)33(26,27)13-2-3-16-18(10-13)31-9-8-30-16;1-10-6-11(2)8-12(7-10)17-23(20,21)13-4-5-15-14(9-13)18(3)16(19)22-15;1-2;/h2-3,10-12H,4-9H2,1H3;4-9,17H,1-3H3;1-2H3;1H. The van der Waals surface area contributed by atoms with Crippen molar-refractivity contribution in [3.63, 3.8) is 0 Å². The Morgan fingerprint density at radius 1 is 0.627 bits per heavy atom. The van der Waals surface area contributed by atoms with Crippen LogP contribution in [0.25, 0.3) is 22.2 Å². The van der Waals surface area contributed by atoms with Gasteiger partial charge in [-0.2, -0.15) is 8.61 Å². The van der Waals surface area contributed by atoms with Gasteiger partial charge in [0, 0.05) is 59.5 Å². The summed E-state index contributed by atoms with van der Waals surface area (Å²) in [6.45, 7) is 7.90. The lowest BCUT2D eigenvalue weighted by Gasteiger charge is -2.33. The maximum atomic E-state index is 14.6. The molecule has 4 aromatic carbocycles. The van der Waals surface area contributed by atoms with Gasteiger partial charge in [0.2, 0.25) is 20.0 Å². The SMILES string of the molecule is CC.Cc1cc(C)cc(NS(=O)(=O)c2ccc3oc(=O)n(C)c3c2)c1.Cn1c(=O)oc2cc(F)c(S(=O)(=O)N3CCN(S(=O)(=O)c4ccc5c(c4)OCCO5)CC3)cc21.[HH]. The Kier molecular flexibility index (Phi) is 12.2. The number of halogens is 1. The Bertz CT molecular complexity index is 3010. The summed E-state index contributed by atoms with van der Waals surface area (Å²) in [5, 5.41) is 0. The highest BCUT2D eigenvalue weighted by Gasteiger charge is 2.36. The molecule has 1 saturated heterocycles. The van der Waals surface area contributed by atoms with Crippen LogP contribution >= 0.6 is 0 Å². The van der Waals surface area contributed by atoms with Gasteiger partial charge in [0.25, 0.3) is 10.0 Å². The van der Waals surface area contributed by atoms with Crippen molar-refractivity contribution in [3.05, 3.63) is 105 Å². The normalized spacial score (nSPS) is 15.0. The number of ether oxygens (including phenoxy) is 2. The van der Waals surface area contributed by atoms with E-state index in [1.165, 1.54) is 59.4 Å². The topological polar surface area (TPSA) is 210 Å². The molecule has 0 aliphatic carbocycles. The summed E-state index contributed by atoms with van der Waals surface area (Å²) >= 11 is 0. The van der Waals surface area contributed by atoms with Gasteiger partial charge >= 0.3 is 11.5 Å². The second-order valence-corrected chi connectivity index (χ2v) is 18.9. The number of piperazine rings is 1. The Morgan fingerprint density at radius 2 is 1.15 bits per heavy atom. The minimum absolute atomic E-state index is 0. The van der Waals surface area contributed by atoms with Gasteiger partial charge < -0.3 is 18.3 Å². The van der Waals surface area contributed by atoms with Gasteiger partial charge in [0.15, 0.2) is 22.7 Å². The predicted molar refractivity (Wildman–Crippen MR) is 218 cm³/mol. The van der Waals surface area contributed by atoms with Crippen LogP contribution < -0.4 is 25.7 Å². The lowest BCUT2D eigenvalue weighted by atomic mass is 10.1. The van der Waals surface area contributed by atoms with Crippen molar-refractivity contribution >= 4 is 58.0 Å². The molecule has 1 N–H and O–H groups in total. The van der Waals surface area contributed by atoms with Gasteiger partial charge in [0.1, 0.15) is 23.9 Å². The molecule has 6 aromatic rings. The maximum absolute atomic E-state index is 14.6. The molecule has 318 valence electrons. The zero-order valence-corrected chi connectivity index (χ0v) is 35.3. The summed E-state index contributed by atoms with van der Waals surface area (Å²) in [6.07, 6.45) is 0. The molecule has 0 atom stereocenters. The fourth-order valence-corrected chi connectivity index (χ4v) is 10.5. The number of oxazole rings is 2. The Balaban J connectivity index is 0.000000230. The molecule has 0 radical (unpaired) electrons. The molecule has 0 unspecified atom stereocenters. The van der Waals surface area contributed by atoms with Crippen molar-refractivity contribution < 1.29 is 49.4 Å². The van der Waals surface area contributed by atoms with Crippen molar-refractivity contribution in [1.29, 1.82) is 0 Å². The minimum atomic E-state index is -4.29. The van der Waals surface area contributed by atoms with Gasteiger partial charge in [0.05, 0.1) is 20.8 Å². The zero-order chi connectivity index (χ0) is 43.0. The number of rotatable bonds is 7. The fourth-order valence-electron chi connectivity index (χ4n) is 6.47. The van der Waals surface area contributed by atoms with E-state index in [9.17, 15) is 39.2 Å². The number of hydrogen-bond donors (Lipinski definition) is 1. The van der Waals surface area contributed by atoms with E-state index in [1.54, 1.807) is 12.1 Å². The second-order valence-electron chi connectivity index (χ2n) is 13.3. The number of fused-ring (bicyclic) bond motifs is 3. The van der Waals surface area contributed by atoms with Crippen LogP contribution in [0.5, 0.6) is 11.5 Å². The largest absolute Gasteiger partial charge is 0.486 e. The van der Waals surface area contributed by atoms with Crippen LogP contribution in [-0.4, -0.2) is 82.4 Å². The number of aromatic nitrogens is 2. The van der Waals surface area contributed by atoms with E-state index in [0.29, 0.717) is 41.5 Å². The van der Waals surface area contributed by atoms with Crippen LogP contribution in [0, 0.1) is 19.7 Å². The molecular weight excluding hydrogens is 834 g/mol. The molecule has 2 aliphatic heterocycles. The number of nitrogens with one attached hydrogen (secondary N) is 1. The summed E-state index contributed by atoms with van der Waals surface area (Å²) in [5.41, 5.74) is 3.28. The van der Waals surface area contributed by atoms with E-state index < -0.39 is 52.3 Å². The molecule has 59 heavy (non-hydrogen) atoms. The third kappa shape index (κ3) is 8.65. The molecule has 2 aromatic heterocycles. The molecule has 1 fully saturated rings. The predicted octanol–water partition coefficient (Wildman–Crippen LogP) is 4.56. The molecule has 0 amide bonds. The van der Waals surface area contributed by atoms with Crippen molar-refractivity contribution in [2.24, 2.45) is 14.1 Å². The van der Waals surface area contributed by atoms with Crippen LogP contribution in [0.1, 0.15) is 26.4 Å². The summed E-state index contributed by atoms with van der Waals surface area (Å²) in [5.74, 6) is -1.56. The summed E-state index contributed by atoms with van der Waals surface area (Å²) in [7, 11) is -9.06. The zero-order valence-electron chi connectivity index (χ0n) is 32.9. The summed E-state index contributed by atoms with van der Waals surface area (Å²) in [4.78, 5) is 22.6. The number of hydrogen-bond acceptors (Lipinski definition) is 12. The first-order chi connectivity index (χ1) is 27.8. The third-order valence-corrected chi connectivity index (χ3v) is 14.5. The average Bonchev–Trinajstić information content (AvgIpc) is 3.65. The third-order valence-electron chi connectivity index (χ3n) is 9.36. The van der Waals surface area contributed by atoms with Gasteiger partial charge in [-0.05, 0) is 73.5 Å². The molecule has 17 nitrogen and oxygen atoms in total. The van der Waals surface area contributed by atoms with E-state index in [-0.39, 0.29) is 48.5 Å². The number of nitrogens with zero attached hydrogens (tertiary/aromatic N) is 4. The smallest absolute Gasteiger partial charge is 0.419 e. The second kappa shape index (κ2) is 16.6. The van der Waals surface area contributed by atoms with Crippen LogP contribution in [0.2, 0.25) is 0 Å². The molecule has 21 heteroatoms. The van der Waals surface area contributed by atoms with Gasteiger partial charge in [-0.25, -0.2) is 39.2 Å². The maximum Gasteiger partial charge on any atom is 0.419 e. The van der Waals surface area contributed by atoms with Crippen molar-refractivity contribution in [3.8, 4) is 11.5 Å². The monoisotopic (exact) mass is 877 g/mol. The van der Waals surface area contributed by atoms with Crippen molar-refractivity contribution in [2.75, 3.05) is 44.1 Å². The van der Waals surface area contributed by atoms with Crippen LogP contribution in [0.3, 0.4) is 0 Å². The van der Waals surface area contributed by atoms with E-state index in [4.69, 9.17) is 18.3 Å².